The fourth-order valence-electron chi connectivity index (χ4n) is 4.06. The first-order valence-corrected chi connectivity index (χ1v) is 9.33. The van der Waals surface area contributed by atoms with Gasteiger partial charge in [-0.15, -0.1) is 0 Å². The molecule has 140 valence electrons. The lowest BCUT2D eigenvalue weighted by atomic mass is 9.81. The van der Waals surface area contributed by atoms with Crippen LogP contribution in [0, 0.1) is 11.8 Å². The van der Waals surface area contributed by atoms with Crippen LogP contribution in [0.2, 0.25) is 0 Å². The van der Waals surface area contributed by atoms with Crippen molar-refractivity contribution in [2.45, 2.75) is 32.2 Å². The molecule has 2 aliphatic rings. The minimum Gasteiger partial charge on any atom is -0.325 e. The van der Waals surface area contributed by atoms with Gasteiger partial charge in [0.15, 0.2) is 0 Å². The lowest BCUT2D eigenvalue weighted by molar-refractivity contribution is -0.142. The Bertz CT molecular complexity index is 838. The minimum absolute atomic E-state index is 0.188. The van der Waals surface area contributed by atoms with Crippen molar-refractivity contribution >= 4 is 23.4 Å². The van der Waals surface area contributed by atoms with Gasteiger partial charge >= 0.3 is 0 Å². The summed E-state index contributed by atoms with van der Waals surface area (Å²) in [6.45, 7) is 0.386. The number of benzene rings is 1. The number of nitrogens with one attached hydrogen (secondary N) is 1. The van der Waals surface area contributed by atoms with Crippen LogP contribution < -0.4 is 5.32 Å². The largest absolute Gasteiger partial charge is 0.325 e. The first-order chi connectivity index (χ1) is 13.1. The molecule has 0 spiro atoms. The number of hydrogen-bond acceptors (Lipinski definition) is 4. The van der Waals surface area contributed by atoms with Crippen LogP contribution in [0.25, 0.3) is 0 Å². The summed E-state index contributed by atoms with van der Waals surface area (Å²) in [6, 6.07) is 9.32. The number of hydrogen-bond donors (Lipinski definition) is 1. The van der Waals surface area contributed by atoms with Crippen molar-refractivity contribution in [3.05, 3.63) is 48.3 Å². The molecule has 2 atom stereocenters. The fraction of sp³-hybridized carbons (Fsp3) is 0.400. The number of nitrogens with zero attached hydrogens (tertiary/aromatic N) is 3. The Labute approximate surface area is 157 Å². The van der Waals surface area contributed by atoms with E-state index in [1.807, 2.05) is 30.5 Å². The highest BCUT2D eigenvalue weighted by Crippen LogP contribution is 2.37. The van der Waals surface area contributed by atoms with Gasteiger partial charge in [-0.2, -0.15) is 5.10 Å². The molecule has 0 bridgehead atoms. The van der Waals surface area contributed by atoms with Crippen molar-refractivity contribution in [1.82, 2.24) is 14.7 Å². The van der Waals surface area contributed by atoms with E-state index in [-0.39, 0.29) is 36.1 Å². The second-order valence-electron chi connectivity index (χ2n) is 7.21. The molecule has 0 unspecified atom stereocenters. The maximum Gasteiger partial charge on any atom is 0.244 e. The molecule has 1 saturated carbocycles. The molecular formula is C20H22N4O3. The number of imide groups is 1. The number of carbonyl (C=O) groups is 3. The molecule has 1 aromatic heterocycles. The molecule has 1 N–H and O–H groups in total. The van der Waals surface area contributed by atoms with Gasteiger partial charge in [0.25, 0.3) is 0 Å². The zero-order valence-corrected chi connectivity index (χ0v) is 15.0. The Morgan fingerprint density at radius 3 is 2.52 bits per heavy atom. The lowest BCUT2D eigenvalue weighted by Crippen LogP contribution is -2.38. The standard InChI is InChI=1S/C20H22N4O3/c25-18(13-24-19(26)16-7-1-2-8-17(16)20(24)27)22-15-6-3-5-14(11-15)12-23-10-4-9-21-23/h3-6,9-11,16-17H,1-2,7-8,12-13H2,(H,22,25)/t16-,17-/m0/s1. The summed E-state index contributed by atoms with van der Waals surface area (Å²) in [5.74, 6) is -1.18. The van der Waals surface area contributed by atoms with Crippen molar-refractivity contribution in [3.63, 3.8) is 0 Å². The Morgan fingerprint density at radius 1 is 1.11 bits per heavy atom. The summed E-state index contributed by atoms with van der Waals surface area (Å²) in [5, 5.41) is 6.97. The minimum atomic E-state index is -0.355. The molecule has 1 aliphatic heterocycles. The van der Waals surface area contributed by atoms with Crippen LogP contribution in [0.3, 0.4) is 0 Å². The van der Waals surface area contributed by atoms with E-state index in [9.17, 15) is 14.4 Å². The van der Waals surface area contributed by atoms with Gasteiger partial charge in [-0.05, 0) is 36.6 Å². The van der Waals surface area contributed by atoms with Gasteiger partial charge in [0, 0.05) is 18.1 Å². The predicted molar refractivity (Wildman–Crippen MR) is 98.6 cm³/mol. The molecule has 1 aromatic carbocycles. The molecular weight excluding hydrogens is 344 g/mol. The summed E-state index contributed by atoms with van der Waals surface area (Å²) in [7, 11) is 0. The number of amides is 3. The van der Waals surface area contributed by atoms with Crippen LogP contribution in [0.4, 0.5) is 5.69 Å². The molecule has 7 nitrogen and oxygen atoms in total. The molecule has 3 amide bonds. The van der Waals surface area contributed by atoms with E-state index in [0.29, 0.717) is 12.2 Å². The SMILES string of the molecule is O=C(CN1C(=O)[C@H]2CCCC[C@@H]2C1=O)Nc1cccc(Cn2cccn2)c1. The Morgan fingerprint density at radius 2 is 1.85 bits per heavy atom. The van der Waals surface area contributed by atoms with Gasteiger partial charge in [0.2, 0.25) is 17.7 Å². The molecule has 2 fully saturated rings. The third-order valence-corrected chi connectivity index (χ3v) is 5.35. The Hall–Kier alpha value is -2.96. The van der Waals surface area contributed by atoms with Gasteiger partial charge < -0.3 is 5.32 Å². The molecule has 4 rings (SSSR count). The molecule has 1 aliphatic carbocycles. The number of aromatic nitrogens is 2. The normalized spacial score (nSPS) is 22.0. The maximum atomic E-state index is 12.5. The van der Waals surface area contributed by atoms with Gasteiger partial charge in [-0.1, -0.05) is 25.0 Å². The maximum absolute atomic E-state index is 12.5. The number of fused-ring (bicyclic) bond motifs is 1. The third kappa shape index (κ3) is 3.63. The van der Waals surface area contributed by atoms with Crippen molar-refractivity contribution in [2.24, 2.45) is 11.8 Å². The van der Waals surface area contributed by atoms with E-state index in [0.717, 1.165) is 36.1 Å². The first-order valence-electron chi connectivity index (χ1n) is 9.33. The molecule has 27 heavy (non-hydrogen) atoms. The van der Waals surface area contributed by atoms with Gasteiger partial charge in [0.1, 0.15) is 6.54 Å². The number of anilines is 1. The molecule has 2 heterocycles. The van der Waals surface area contributed by atoms with Crippen LogP contribution in [0.5, 0.6) is 0 Å². The third-order valence-electron chi connectivity index (χ3n) is 5.35. The quantitative estimate of drug-likeness (QED) is 0.821. The number of carbonyl (C=O) groups excluding carboxylic acids is 3. The highest BCUT2D eigenvalue weighted by atomic mass is 16.2. The average molecular weight is 366 g/mol. The van der Waals surface area contributed by atoms with Gasteiger partial charge in [-0.25, -0.2) is 0 Å². The van der Waals surface area contributed by atoms with Crippen LogP contribution in [-0.4, -0.2) is 38.9 Å². The van der Waals surface area contributed by atoms with Crippen molar-refractivity contribution in [1.29, 1.82) is 0 Å². The van der Waals surface area contributed by atoms with Crippen LogP contribution in [-0.2, 0) is 20.9 Å². The average Bonchev–Trinajstić information content (AvgIpc) is 3.25. The van der Waals surface area contributed by atoms with E-state index in [2.05, 4.69) is 10.4 Å². The zero-order valence-electron chi connectivity index (χ0n) is 15.0. The van der Waals surface area contributed by atoms with Gasteiger partial charge in [0.05, 0.1) is 18.4 Å². The van der Waals surface area contributed by atoms with Crippen molar-refractivity contribution < 1.29 is 14.4 Å². The van der Waals surface area contributed by atoms with Crippen LogP contribution in [0.15, 0.2) is 42.7 Å². The predicted octanol–water partition coefficient (Wildman–Crippen LogP) is 2.05. The van der Waals surface area contributed by atoms with Crippen molar-refractivity contribution in [2.75, 3.05) is 11.9 Å². The highest BCUT2D eigenvalue weighted by Gasteiger charge is 2.48. The topological polar surface area (TPSA) is 84.3 Å². The molecule has 0 radical (unpaired) electrons. The van der Waals surface area contributed by atoms with Crippen molar-refractivity contribution in [3.8, 4) is 0 Å². The summed E-state index contributed by atoms with van der Waals surface area (Å²) < 4.78 is 1.80. The summed E-state index contributed by atoms with van der Waals surface area (Å²) in [5.41, 5.74) is 1.64. The molecule has 1 saturated heterocycles. The molecule has 2 aromatic rings. The fourth-order valence-corrected chi connectivity index (χ4v) is 4.06. The second-order valence-corrected chi connectivity index (χ2v) is 7.21. The zero-order chi connectivity index (χ0) is 18.8. The van der Waals surface area contributed by atoms with Crippen LogP contribution in [0.1, 0.15) is 31.2 Å². The van der Waals surface area contributed by atoms with E-state index >= 15 is 0 Å². The molecule has 7 heteroatoms. The smallest absolute Gasteiger partial charge is 0.244 e. The highest BCUT2D eigenvalue weighted by molar-refractivity contribution is 6.08. The Kier molecular flexibility index (Phi) is 4.75. The van der Waals surface area contributed by atoms with E-state index in [1.54, 1.807) is 16.9 Å². The summed E-state index contributed by atoms with van der Waals surface area (Å²) in [6.07, 6.45) is 7.04. The van der Waals surface area contributed by atoms with Gasteiger partial charge in [-0.3, -0.25) is 24.0 Å². The number of rotatable bonds is 5. The van der Waals surface area contributed by atoms with E-state index in [4.69, 9.17) is 0 Å². The van der Waals surface area contributed by atoms with E-state index in [1.165, 1.54) is 0 Å². The summed E-state index contributed by atoms with van der Waals surface area (Å²) >= 11 is 0. The first kappa shape index (κ1) is 17.5. The lowest BCUT2D eigenvalue weighted by Gasteiger charge is -2.19. The second kappa shape index (κ2) is 7.34. The summed E-state index contributed by atoms with van der Waals surface area (Å²) in [4.78, 5) is 38.5. The van der Waals surface area contributed by atoms with E-state index < -0.39 is 0 Å². The van der Waals surface area contributed by atoms with Crippen LogP contribution >= 0.6 is 0 Å². The number of likely N-dealkylation sites (tertiary alicyclic amines) is 1. The monoisotopic (exact) mass is 366 g/mol. The Balaban J connectivity index is 1.39.